The van der Waals surface area contributed by atoms with Crippen molar-refractivity contribution >= 4 is 21.8 Å². The van der Waals surface area contributed by atoms with E-state index in [9.17, 15) is 18.0 Å². The zero-order valence-electron chi connectivity index (χ0n) is 18.9. The van der Waals surface area contributed by atoms with Crippen molar-refractivity contribution in [1.29, 1.82) is 0 Å². The van der Waals surface area contributed by atoms with E-state index in [2.05, 4.69) is 10.3 Å². The zero-order valence-corrected chi connectivity index (χ0v) is 19.7. The molecular formula is C23H36N4O4S. The van der Waals surface area contributed by atoms with Gasteiger partial charge in [0.25, 0.3) is 5.91 Å². The smallest absolute Gasteiger partial charge is 0.270 e. The van der Waals surface area contributed by atoms with Crippen LogP contribution in [0.3, 0.4) is 0 Å². The number of rotatable bonds is 5. The third kappa shape index (κ3) is 5.36. The van der Waals surface area contributed by atoms with Gasteiger partial charge in [0.15, 0.2) is 0 Å². The van der Waals surface area contributed by atoms with Crippen molar-refractivity contribution in [3.05, 3.63) is 18.0 Å². The van der Waals surface area contributed by atoms with Crippen LogP contribution in [0.1, 0.15) is 81.1 Å². The van der Waals surface area contributed by atoms with Crippen LogP contribution in [-0.4, -0.2) is 66.6 Å². The minimum Gasteiger partial charge on any atom is -0.356 e. The Balaban J connectivity index is 1.38. The number of H-pyrrole nitrogens is 1. The second-order valence-corrected chi connectivity index (χ2v) is 11.4. The average molecular weight is 465 g/mol. The number of piperidine rings is 1. The monoisotopic (exact) mass is 464 g/mol. The molecule has 32 heavy (non-hydrogen) atoms. The maximum Gasteiger partial charge on any atom is 0.270 e. The van der Waals surface area contributed by atoms with Gasteiger partial charge in [0.2, 0.25) is 15.9 Å². The molecule has 0 spiro atoms. The van der Waals surface area contributed by atoms with Crippen LogP contribution in [0.2, 0.25) is 0 Å². The second kappa shape index (κ2) is 10.4. The van der Waals surface area contributed by atoms with Crippen LogP contribution in [0.25, 0.3) is 0 Å². The molecule has 0 radical (unpaired) electrons. The van der Waals surface area contributed by atoms with Crippen LogP contribution < -0.4 is 5.32 Å². The van der Waals surface area contributed by atoms with Gasteiger partial charge in [0.05, 0.1) is 5.92 Å². The van der Waals surface area contributed by atoms with Crippen molar-refractivity contribution in [3.8, 4) is 0 Å². The van der Waals surface area contributed by atoms with Gasteiger partial charge in [0.1, 0.15) is 10.6 Å². The van der Waals surface area contributed by atoms with E-state index in [4.69, 9.17) is 0 Å². The van der Waals surface area contributed by atoms with E-state index in [1.54, 1.807) is 4.90 Å². The van der Waals surface area contributed by atoms with Crippen LogP contribution in [0.15, 0.2) is 17.2 Å². The summed E-state index contributed by atoms with van der Waals surface area (Å²) >= 11 is 0. The summed E-state index contributed by atoms with van der Waals surface area (Å²) in [6.07, 6.45) is 12.8. The molecule has 2 aliphatic heterocycles. The van der Waals surface area contributed by atoms with Crippen LogP contribution >= 0.6 is 0 Å². The molecular weight excluding hydrogens is 428 g/mol. The highest BCUT2D eigenvalue weighted by Gasteiger charge is 2.35. The molecule has 1 aromatic rings. The van der Waals surface area contributed by atoms with Gasteiger partial charge >= 0.3 is 0 Å². The van der Waals surface area contributed by atoms with Crippen molar-refractivity contribution in [3.63, 3.8) is 0 Å². The van der Waals surface area contributed by atoms with Crippen molar-refractivity contribution in [2.24, 2.45) is 5.92 Å². The molecule has 1 saturated carbocycles. The van der Waals surface area contributed by atoms with E-state index in [1.165, 1.54) is 35.8 Å². The van der Waals surface area contributed by atoms with Gasteiger partial charge in [-0.25, -0.2) is 8.42 Å². The molecule has 3 heterocycles. The molecule has 1 aliphatic carbocycles. The molecule has 2 N–H and O–H groups in total. The molecule has 9 heteroatoms. The first-order chi connectivity index (χ1) is 15.4. The van der Waals surface area contributed by atoms with Gasteiger partial charge in [0, 0.05) is 38.4 Å². The lowest BCUT2D eigenvalue weighted by molar-refractivity contribution is -0.126. The predicted octanol–water partition coefficient (Wildman–Crippen LogP) is 2.88. The maximum atomic E-state index is 13.2. The molecule has 1 aromatic heterocycles. The second-order valence-electron chi connectivity index (χ2n) is 9.50. The summed E-state index contributed by atoms with van der Waals surface area (Å²) < 4.78 is 27.9. The first-order valence-corrected chi connectivity index (χ1v) is 13.7. The SMILES string of the molecule is O=C(NC1CCCCCCC1)[C@@H]1CCCN(S(=O)(=O)c2c[nH]c(C(=O)N3CCCC3)c2)C1. The number of nitrogens with one attached hydrogen (secondary N) is 2. The number of aromatic amines is 1. The van der Waals surface area contributed by atoms with Crippen molar-refractivity contribution in [2.45, 2.75) is 81.6 Å². The molecule has 0 unspecified atom stereocenters. The van der Waals surface area contributed by atoms with Gasteiger partial charge in [-0.05, 0) is 44.6 Å². The Labute approximate surface area is 191 Å². The minimum absolute atomic E-state index is 0.0190. The number of hydrogen-bond donors (Lipinski definition) is 2. The van der Waals surface area contributed by atoms with Crippen LogP contribution in [0.5, 0.6) is 0 Å². The molecule has 3 fully saturated rings. The summed E-state index contributed by atoms with van der Waals surface area (Å²) in [4.78, 5) is 30.2. The number of amides is 2. The summed E-state index contributed by atoms with van der Waals surface area (Å²) in [5.74, 6) is -0.498. The van der Waals surface area contributed by atoms with Gasteiger partial charge in [-0.1, -0.05) is 32.1 Å². The first kappa shape index (κ1) is 23.3. The van der Waals surface area contributed by atoms with E-state index >= 15 is 0 Å². The molecule has 178 valence electrons. The molecule has 2 amide bonds. The molecule has 8 nitrogen and oxygen atoms in total. The molecule has 4 rings (SSSR count). The Bertz CT molecular complexity index is 899. The molecule has 1 atom stereocenters. The summed E-state index contributed by atoms with van der Waals surface area (Å²) in [5.41, 5.74) is 0.307. The number of carbonyl (C=O) groups excluding carboxylic acids is 2. The van der Waals surface area contributed by atoms with Crippen molar-refractivity contribution in [1.82, 2.24) is 19.5 Å². The van der Waals surface area contributed by atoms with E-state index in [-0.39, 0.29) is 35.2 Å². The lowest BCUT2D eigenvalue weighted by Gasteiger charge is -2.32. The van der Waals surface area contributed by atoms with Gasteiger partial charge in [-0.2, -0.15) is 4.31 Å². The summed E-state index contributed by atoms with van der Waals surface area (Å²) in [5, 5.41) is 3.20. The Morgan fingerprint density at radius 1 is 0.906 bits per heavy atom. The highest BCUT2D eigenvalue weighted by Crippen LogP contribution is 2.26. The lowest BCUT2D eigenvalue weighted by Crippen LogP contribution is -2.47. The summed E-state index contributed by atoms with van der Waals surface area (Å²) in [7, 11) is -3.76. The van der Waals surface area contributed by atoms with E-state index in [0.717, 1.165) is 38.5 Å². The highest BCUT2D eigenvalue weighted by molar-refractivity contribution is 7.89. The number of carbonyl (C=O) groups is 2. The fourth-order valence-electron chi connectivity index (χ4n) is 5.18. The minimum atomic E-state index is -3.76. The Morgan fingerprint density at radius 2 is 1.59 bits per heavy atom. The number of likely N-dealkylation sites (tertiary alicyclic amines) is 1. The standard InChI is InChI=1S/C23H36N4O4S/c28-22(25-19-10-4-2-1-3-5-11-19)18-9-8-14-27(17-18)32(30,31)20-15-21(24-16-20)23(29)26-12-6-7-13-26/h15-16,18-19,24H,1-14,17H2,(H,25,28)/t18-/m1/s1. The molecule has 0 bridgehead atoms. The van der Waals surface area contributed by atoms with Crippen LogP contribution in [0, 0.1) is 5.92 Å². The Hall–Kier alpha value is -1.87. The van der Waals surface area contributed by atoms with Crippen LogP contribution in [-0.2, 0) is 14.8 Å². The quantitative estimate of drug-likeness (QED) is 0.699. The first-order valence-electron chi connectivity index (χ1n) is 12.2. The van der Waals surface area contributed by atoms with Crippen molar-refractivity contribution < 1.29 is 18.0 Å². The zero-order chi connectivity index (χ0) is 22.6. The summed E-state index contributed by atoms with van der Waals surface area (Å²) in [6, 6.07) is 1.65. The predicted molar refractivity (Wildman–Crippen MR) is 122 cm³/mol. The normalized spacial score (nSPS) is 24.1. The van der Waals surface area contributed by atoms with Crippen LogP contribution in [0.4, 0.5) is 0 Å². The number of sulfonamides is 1. The van der Waals surface area contributed by atoms with E-state index in [0.29, 0.717) is 38.2 Å². The molecule has 3 aliphatic rings. The Kier molecular flexibility index (Phi) is 7.55. The van der Waals surface area contributed by atoms with Crippen molar-refractivity contribution in [2.75, 3.05) is 26.2 Å². The van der Waals surface area contributed by atoms with Gasteiger partial charge < -0.3 is 15.2 Å². The van der Waals surface area contributed by atoms with Gasteiger partial charge in [-0.3, -0.25) is 9.59 Å². The summed E-state index contributed by atoms with van der Waals surface area (Å²) in [6.45, 7) is 2.02. The number of nitrogens with zero attached hydrogens (tertiary/aromatic N) is 2. The highest BCUT2D eigenvalue weighted by atomic mass is 32.2. The fraction of sp³-hybridized carbons (Fsp3) is 0.739. The topological polar surface area (TPSA) is 103 Å². The number of hydrogen-bond acceptors (Lipinski definition) is 4. The van der Waals surface area contributed by atoms with E-state index in [1.807, 2.05) is 0 Å². The Morgan fingerprint density at radius 3 is 2.31 bits per heavy atom. The van der Waals surface area contributed by atoms with E-state index < -0.39 is 10.0 Å². The maximum absolute atomic E-state index is 13.2. The molecule has 2 saturated heterocycles. The number of aromatic nitrogens is 1. The molecule has 0 aromatic carbocycles. The fourth-order valence-corrected chi connectivity index (χ4v) is 6.70. The third-order valence-electron chi connectivity index (χ3n) is 7.12. The average Bonchev–Trinajstić information content (AvgIpc) is 3.48. The lowest BCUT2D eigenvalue weighted by atomic mass is 9.94. The third-order valence-corrected chi connectivity index (χ3v) is 8.97. The van der Waals surface area contributed by atoms with Gasteiger partial charge in [-0.15, -0.1) is 0 Å². The largest absolute Gasteiger partial charge is 0.356 e.